The summed E-state index contributed by atoms with van der Waals surface area (Å²) in [6.07, 6.45) is 9.41. The SMILES string of the molecule is c1cc2c(cn1)-c1c[n+]3c4cnccc4oc3n1C2. The second-order valence-electron chi connectivity index (χ2n) is 4.73. The minimum absolute atomic E-state index is 0.830. The lowest BCUT2D eigenvalue weighted by Gasteiger charge is -1.91. The number of fused-ring (bicyclic) bond motifs is 7. The number of nitrogens with zero attached hydrogens (tertiary/aromatic N) is 4. The van der Waals surface area contributed by atoms with Gasteiger partial charge in [0.25, 0.3) is 0 Å². The van der Waals surface area contributed by atoms with Gasteiger partial charge in [0.2, 0.25) is 0 Å². The molecule has 0 bridgehead atoms. The van der Waals surface area contributed by atoms with Crippen molar-refractivity contribution in [1.82, 2.24) is 14.5 Å². The quantitative estimate of drug-likeness (QED) is 0.393. The van der Waals surface area contributed by atoms with Crippen LogP contribution in [0.15, 0.2) is 47.5 Å². The number of hydrogen-bond donors (Lipinski definition) is 0. The van der Waals surface area contributed by atoms with E-state index in [1.54, 1.807) is 6.20 Å². The fourth-order valence-corrected chi connectivity index (χ4v) is 2.83. The lowest BCUT2D eigenvalue weighted by atomic mass is 10.1. The Labute approximate surface area is 107 Å². The second kappa shape index (κ2) is 3.00. The monoisotopic (exact) mass is 249 g/mol. The van der Waals surface area contributed by atoms with Crippen LogP contribution in [-0.2, 0) is 6.54 Å². The van der Waals surface area contributed by atoms with Gasteiger partial charge >= 0.3 is 5.84 Å². The molecule has 0 atom stereocenters. The van der Waals surface area contributed by atoms with Crippen LogP contribution in [0.3, 0.4) is 0 Å². The van der Waals surface area contributed by atoms with Crippen molar-refractivity contribution in [3.05, 3.63) is 48.7 Å². The Morgan fingerprint density at radius 3 is 3.05 bits per heavy atom. The predicted octanol–water partition coefficient (Wildman–Crippen LogP) is 1.79. The maximum absolute atomic E-state index is 5.93. The van der Waals surface area contributed by atoms with E-state index in [1.165, 1.54) is 11.1 Å². The average Bonchev–Trinajstić information content (AvgIpc) is 3.07. The highest BCUT2D eigenvalue weighted by Crippen LogP contribution is 2.32. The largest absolute Gasteiger partial charge is 0.468 e. The predicted molar refractivity (Wildman–Crippen MR) is 67.5 cm³/mol. The Bertz CT molecular complexity index is 951. The van der Waals surface area contributed by atoms with Crippen LogP contribution in [0, 0.1) is 0 Å². The van der Waals surface area contributed by atoms with Gasteiger partial charge in [-0.2, -0.15) is 8.97 Å². The Balaban J connectivity index is 1.93. The van der Waals surface area contributed by atoms with Crippen molar-refractivity contribution in [2.75, 3.05) is 0 Å². The molecule has 0 saturated heterocycles. The van der Waals surface area contributed by atoms with Crippen molar-refractivity contribution in [2.24, 2.45) is 0 Å². The summed E-state index contributed by atoms with van der Waals surface area (Å²) in [5.41, 5.74) is 5.45. The minimum Gasteiger partial charge on any atom is -0.387 e. The minimum atomic E-state index is 0.830. The lowest BCUT2D eigenvalue weighted by Crippen LogP contribution is -2.16. The first-order valence-electron chi connectivity index (χ1n) is 6.12. The van der Waals surface area contributed by atoms with Gasteiger partial charge in [0.05, 0.1) is 11.8 Å². The molecule has 0 unspecified atom stereocenters. The number of pyridine rings is 2. The highest BCUT2D eigenvalue weighted by molar-refractivity contribution is 5.72. The van der Waals surface area contributed by atoms with E-state index in [1.807, 2.05) is 29.1 Å². The van der Waals surface area contributed by atoms with Crippen LogP contribution in [0.25, 0.3) is 28.2 Å². The molecule has 0 N–H and O–H groups in total. The van der Waals surface area contributed by atoms with E-state index in [0.29, 0.717) is 0 Å². The zero-order valence-electron chi connectivity index (χ0n) is 9.95. The summed E-state index contributed by atoms with van der Waals surface area (Å²) >= 11 is 0. The summed E-state index contributed by atoms with van der Waals surface area (Å²) in [4.78, 5) is 8.37. The number of imidazole rings is 1. The molecule has 1 aliphatic rings. The van der Waals surface area contributed by atoms with Gasteiger partial charge in [-0.15, -0.1) is 0 Å². The van der Waals surface area contributed by atoms with Crippen molar-refractivity contribution >= 4 is 16.9 Å². The van der Waals surface area contributed by atoms with Crippen molar-refractivity contribution in [3.8, 4) is 11.3 Å². The Morgan fingerprint density at radius 1 is 1.16 bits per heavy atom. The molecule has 19 heavy (non-hydrogen) atoms. The van der Waals surface area contributed by atoms with E-state index < -0.39 is 0 Å². The fraction of sp³-hybridized carbons (Fsp3) is 0.0714. The molecule has 4 aromatic rings. The average molecular weight is 249 g/mol. The van der Waals surface area contributed by atoms with Gasteiger partial charge in [0.1, 0.15) is 12.7 Å². The van der Waals surface area contributed by atoms with Crippen molar-refractivity contribution in [3.63, 3.8) is 0 Å². The summed E-state index contributed by atoms with van der Waals surface area (Å²) in [5.74, 6) is 0.842. The molecule has 0 spiro atoms. The van der Waals surface area contributed by atoms with E-state index in [2.05, 4.69) is 26.8 Å². The van der Waals surface area contributed by atoms with Gasteiger partial charge in [-0.1, -0.05) is 0 Å². The Hall–Kier alpha value is -2.69. The molecule has 5 rings (SSSR count). The van der Waals surface area contributed by atoms with Crippen LogP contribution < -0.4 is 4.40 Å². The first-order chi connectivity index (χ1) is 9.42. The zero-order valence-corrected chi connectivity index (χ0v) is 9.95. The Morgan fingerprint density at radius 2 is 2.05 bits per heavy atom. The molecule has 0 amide bonds. The van der Waals surface area contributed by atoms with Gasteiger partial charge in [0.15, 0.2) is 16.8 Å². The smallest absolute Gasteiger partial charge is 0.387 e. The summed E-state index contributed by atoms with van der Waals surface area (Å²) in [6.45, 7) is 0.830. The molecule has 5 nitrogen and oxygen atoms in total. The van der Waals surface area contributed by atoms with Crippen LogP contribution in [-0.4, -0.2) is 14.5 Å². The van der Waals surface area contributed by atoms with Crippen LogP contribution in [0.1, 0.15) is 5.56 Å². The third kappa shape index (κ3) is 1.03. The number of aromatic nitrogens is 4. The number of hydrogen-bond acceptors (Lipinski definition) is 3. The summed E-state index contributed by atoms with van der Waals surface area (Å²) in [7, 11) is 0. The van der Waals surface area contributed by atoms with Crippen LogP contribution >= 0.6 is 0 Å². The second-order valence-corrected chi connectivity index (χ2v) is 4.73. The molecule has 0 saturated carbocycles. The fourth-order valence-electron chi connectivity index (χ4n) is 2.83. The molecule has 0 fully saturated rings. The topological polar surface area (TPSA) is 48.0 Å². The summed E-state index contributed by atoms with van der Waals surface area (Å²) in [5, 5.41) is 0. The van der Waals surface area contributed by atoms with Crippen LogP contribution in [0.4, 0.5) is 0 Å². The van der Waals surface area contributed by atoms with Crippen molar-refractivity contribution < 1.29 is 8.82 Å². The lowest BCUT2D eigenvalue weighted by molar-refractivity contribution is -0.484. The molecule has 1 aliphatic heterocycles. The molecular formula is C14H9N4O+. The standard InChI is InChI=1S/C14H9N4O/c1-3-15-5-10-9(1)7-17-12(10)8-18-11-6-16-4-2-13(11)19-14(17)18/h1-6,8H,7H2/q+1. The van der Waals surface area contributed by atoms with Gasteiger partial charge in [-0.05, 0) is 6.07 Å². The van der Waals surface area contributed by atoms with Crippen molar-refractivity contribution in [2.45, 2.75) is 6.54 Å². The summed E-state index contributed by atoms with van der Waals surface area (Å²) in [6, 6.07) is 3.95. The van der Waals surface area contributed by atoms with Crippen LogP contribution in [0.2, 0.25) is 0 Å². The van der Waals surface area contributed by atoms with Gasteiger partial charge in [-0.3, -0.25) is 9.97 Å². The van der Waals surface area contributed by atoms with Gasteiger partial charge < -0.3 is 4.42 Å². The molecular weight excluding hydrogens is 240 g/mol. The van der Waals surface area contributed by atoms with Crippen LogP contribution in [0.5, 0.6) is 0 Å². The number of oxazole rings is 1. The molecule has 90 valence electrons. The molecule has 5 heteroatoms. The normalized spacial score (nSPS) is 13.1. The highest BCUT2D eigenvalue weighted by Gasteiger charge is 2.32. The molecule has 4 aromatic heterocycles. The first-order valence-corrected chi connectivity index (χ1v) is 6.12. The third-order valence-corrected chi connectivity index (χ3v) is 3.72. The number of rotatable bonds is 0. The molecule has 5 heterocycles. The van der Waals surface area contributed by atoms with E-state index >= 15 is 0 Å². The highest BCUT2D eigenvalue weighted by atomic mass is 16.4. The zero-order chi connectivity index (χ0) is 12.4. The van der Waals surface area contributed by atoms with Crippen molar-refractivity contribution in [1.29, 1.82) is 0 Å². The first kappa shape index (κ1) is 9.27. The van der Waals surface area contributed by atoms with E-state index in [9.17, 15) is 0 Å². The third-order valence-electron chi connectivity index (χ3n) is 3.72. The molecule has 0 aliphatic carbocycles. The van der Waals surface area contributed by atoms with E-state index in [0.717, 1.165) is 29.2 Å². The van der Waals surface area contributed by atoms with E-state index in [4.69, 9.17) is 4.42 Å². The van der Waals surface area contributed by atoms with Gasteiger partial charge in [0, 0.05) is 30.2 Å². The van der Waals surface area contributed by atoms with Gasteiger partial charge in [-0.25, -0.2) is 0 Å². The maximum atomic E-state index is 5.93. The molecule has 0 radical (unpaired) electrons. The summed E-state index contributed by atoms with van der Waals surface area (Å²) < 4.78 is 10.2. The molecule has 0 aromatic carbocycles. The maximum Gasteiger partial charge on any atom is 0.468 e. The van der Waals surface area contributed by atoms with E-state index in [-0.39, 0.29) is 0 Å². The Kier molecular flexibility index (Phi) is 1.46.